The van der Waals surface area contributed by atoms with Gasteiger partial charge in [-0.3, -0.25) is 0 Å². The van der Waals surface area contributed by atoms with Gasteiger partial charge in [-0.1, -0.05) is 12.1 Å². The van der Waals surface area contributed by atoms with Gasteiger partial charge >= 0.3 is 0 Å². The largest absolute Gasteiger partial charge is 0.390 e. The minimum atomic E-state index is -1.06. The lowest BCUT2D eigenvalue weighted by Gasteiger charge is -2.13. The highest BCUT2D eigenvalue weighted by molar-refractivity contribution is 7.18. The SMILES string of the molecule is O[C@@H]1[C@H](O)[C@@H](c2nc3ccccc3s2)C[C@H]1O. The first-order chi connectivity index (χ1) is 8.16. The van der Waals surface area contributed by atoms with Gasteiger partial charge in [0.2, 0.25) is 0 Å². The van der Waals surface area contributed by atoms with Crippen molar-refractivity contribution in [2.75, 3.05) is 0 Å². The van der Waals surface area contributed by atoms with Gasteiger partial charge in [-0.05, 0) is 18.6 Å². The lowest BCUT2D eigenvalue weighted by atomic mass is 10.1. The Morgan fingerprint density at radius 3 is 2.53 bits per heavy atom. The molecule has 1 fully saturated rings. The van der Waals surface area contributed by atoms with Crippen molar-refractivity contribution in [1.29, 1.82) is 0 Å². The third-order valence-electron chi connectivity index (χ3n) is 3.28. The molecule has 0 radical (unpaired) electrons. The standard InChI is InChI=1S/C12H13NO3S/c14-8-5-6(10(15)11(8)16)12-13-7-3-1-2-4-9(7)17-12/h1-4,6,8,10-11,14-16H,5H2/t6-,8+,10+,11-/m0/s1. The van der Waals surface area contributed by atoms with Crippen molar-refractivity contribution < 1.29 is 15.3 Å². The van der Waals surface area contributed by atoms with Crippen molar-refractivity contribution in [2.24, 2.45) is 0 Å². The van der Waals surface area contributed by atoms with Crippen LogP contribution in [0.25, 0.3) is 10.2 Å². The van der Waals surface area contributed by atoms with Crippen molar-refractivity contribution in [3.05, 3.63) is 29.3 Å². The molecule has 1 aromatic carbocycles. The lowest BCUT2D eigenvalue weighted by molar-refractivity contribution is -0.0209. The number of hydrogen-bond acceptors (Lipinski definition) is 5. The Labute approximate surface area is 102 Å². The molecule has 4 atom stereocenters. The molecule has 5 heteroatoms. The molecular formula is C12H13NO3S. The monoisotopic (exact) mass is 251 g/mol. The van der Waals surface area contributed by atoms with Gasteiger partial charge in [-0.15, -0.1) is 11.3 Å². The van der Waals surface area contributed by atoms with Crippen molar-refractivity contribution >= 4 is 21.6 Å². The van der Waals surface area contributed by atoms with E-state index in [1.165, 1.54) is 11.3 Å². The van der Waals surface area contributed by atoms with E-state index in [1.807, 2.05) is 24.3 Å². The Hall–Kier alpha value is -1.01. The molecule has 0 saturated heterocycles. The third-order valence-corrected chi connectivity index (χ3v) is 4.45. The molecule has 0 aliphatic heterocycles. The van der Waals surface area contributed by atoms with Crippen LogP contribution >= 0.6 is 11.3 Å². The number of thiazole rings is 1. The maximum atomic E-state index is 9.86. The average Bonchev–Trinajstić information content (AvgIpc) is 2.86. The molecule has 0 amide bonds. The van der Waals surface area contributed by atoms with E-state index >= 15 is 0 Å². The van der Waals surface area contributed by atoms with Crippen LogP contribution in [0.1, 0.15) is 17.3 Å². The summed E-state index contributed by atoms with van der Waals surface area (Å²) in [7, 11) is 0. The summed E-state index contributed by atoms with van der Waals surface area (Å²) >= 11 is 1.51. The number of rotatable bonds is 1. The number of benzene rings is 1. The number of hydrogen-bond donors (Lipinski definition) is 3. The van der Waals surface area contributed by atoms with Gasteiger partial charge in [0.1, 0.15) is 6.10 Å². The Kier molecular flexibility index (Phi) is 2.63. The molecule has 3 N–H and O–H groups in total. The van der Waals surface area contributed by atoms with Crippen molar-refractivity contribution in [3.63, 3.8) is 0 Å². The smallest absolute Gasteiger partial charge is 0.106 e. The molecule has 4 nitrogen and oxygen atoms in total. The second-order valence-electron chi connectivity index (χ2n) is 4.41. The highest BCUT2D eigenvalue weighted by Crippen LogP contribution is 2.38. The highest BCUT2D eigenvalue weighted by atomic mass is 32.1. The molecule has 1 saturated carbocycles. The lowest BCUT2D eigenvalue weighted by Crippen LogP contribution is -2.29. The maximum Gasteiger partial charge on any atom is 0.106 e. The van der Waals surface area contributed by atoms with E-state index in [0.717, 1.165) is 15.2 Å². The zero-order valence-corrected chi connectivity index (χ0v) is 9.84. The van der Waals surface area contributed by atoms with E-state index in [4.69, 9.17) is 0 Å². The van der Waals surface area contributed by atoms with E-state index in [9.17, 15) is 15.3 Å². The quantitative estimate of drug-likeness (QED) is 0.703. The van der Waals surface area contributed by atoms with Crippen LogP contribution in [0.3, 0.4) is 0 Å². The Morgan fingerprint density at radius 2 is 1.88 bits per heavy atom. The fraction of sp³-hybridized carbons (Fsp3) is 0.417. The summed E-state index contributed by atoms with van der Waals surface area (Å²) in [5.74, 6) is -0.266. The molecule has 90 valence electrons. The van der Waals surface area contributed by atoms with Crippen molar-refractivity contribution in [3.8, 4) is 0 Å². The molecule has 1 aliphatic rings. The summed E-state index contributed by atoms with van der Waals surface area (Å²) < 4.78 is 1.06. The molecular weight excluding hydrogens is 238 g/mol. The zero-order valence-electron chi connectivity index (χ0n) is 9.02. The summed E-state index contributed by atoms with van der Waals surface area (Å²) in [6, 6.07) is 7.76. The Balaban J connectivity index is 1.99. The molecule has 0 spiro atoms. The molecule has 0 bridgehead atoms. The number of aliphatic hydroxyl groups excluding tert-OH is 3. The van der Waals surface area contributed by atoms with Gasteiger partial charge in [0, 0.05) is 5.92 Å². The summed E-state index contributed by atoms with van der Waals surface area (Å²) in [4.78, 5) is 4.45. The fourth-order valence-corrected chi connectivity index (χ4v) is 3.42. The van der Waals surface area contributed by atoms with Crippen LogP contribution in [-0.2, 0) is 0 Å². The minimum Gasteiger partial charge on any atom is -0.390 e. The number of aliphatic hydroxyl groups is 3. The van der Waals surface area contributed by atoms with Crippen LogP contribution in [-0.4, -0.2) is 38.6 Å². The predicted octanol–water partition coefficient (Wildman–Crippen LogP) is 0.866. The summed E-state index contributed by atoms with van der Waals surface area (Å²) in [6.07, 6.45) is -2.48. The third kappa shape index (κ3) is 1.75. The molecule has 17 heavy (non-hydrogen) atoms. The molecule has 2 aromatic rings. The molecule has 1 heterocycles. The maximum absolute atomic E-state index is 9.86. The van der Waals surface area contributed by atoms with Crippen LogP contribution in [0.4, 0.5) is 0 Å². The normalized spacial score (nSPS) is 33.4. The second-order valence-corrected chi connectivity index (χ2v) is 5.47. The second kappa shape index (κ2) is 4.03. The molecule has 1 aliphatic carbocycles. The first-order valence-corrected chi connectivity index (χ1v) is 6.38. The molecule has 3 rings (SSSR count). The summed E-state index contributed by atoms with van der Waals surface area (Å²) in [6.45, 7) is 0. The molecule has 1 aromatic heterocycles. The average molecular weight is 251 g/mol. The van der Waals surface area contributed by atoms with Crippen molar-refractivity contribution in [1.82, 2.24) is 4.98 Å². The molecule has 0 unspecified atom stereocenters. The van der Waals surface area contributed by atoms with Crippen LogP contribution in [0.5, 0.6) is 0 Å². The van der Waals surface area contributed by atoms with Gasteiger partial charge in [-0.2, -0.15) is 0 Å². The van der Waals surface area contributed by atoms with Gasteiger partial charge in [0.25, 0.3) is 0 Å². The van der Waals surface area contributed by atoms with E-state index in [0.29, 0.717) is 6.42 Å². The van der Waals surface area contributed by atoms with Crippen LogP contribution < -0.4 is 0 Å². The van der Waals surface area contributed by atoms with Crippen LogP contribution in [0.15, 0.2) is 24.3 Å². The fourth-order valence-electron chi connectivity index (χ4n) is 2.30. The predicted molar refractivity (Wildman–Crippen MR) is 65.0 cm³/mol. The summed E-state index contributed by atoms with van der Waals surface area (Å²) in [5.41, 5.74) is 0.899. The summed E-state index contributed by atoms with van der Waals surface area (Å²) in [5, 5.41) is 29.7. The number of nitrogens with zero attached hydrogens (tertiary/aromatic N) is 1. The first kappa shape index (κ1) is 11.1. The highest BCUT2D eigenvalue weighted by Gasteiger charge is 2.42. The van der Waals surface area contributed by atoms with Crippen LogP contribution in [0, 0.1) is 0 Å². The topological polar surface area (TPSA) is 73.6 Å². The van der Waals surface area contributed by atoms with E-state index in [1.54, 1.807) is 0 Å². The van der Waals surface area contributed by atoms with Gasteiger partial charge in [0.15, 0.2) is 0 Å². The Morgan fingerprint density at radius 1 is 1.12 bits per heavy atom. The number of fused-ring (bicyclic) bond motifs is 1. The number of para-hydroxylation sites is 1. The van der Waals surface area contributed by atoms with Gasteiger partial charge < -0.3 is 15.3 Å². The first-order valence-electron chi connectivity index (χ1n) is 5.56. The van der Waals surface area contributed by atoms with E-state index in [2.05, 4.69) is 4.98 Å². The van der Waals surface area contributed by atoms with E-state index in [-0.39, 0.29) is 5.92 Å². The Bertz CT molecular complexity index is 508. The van der Waals surface area contributed by atoms with Crippen molar-refractivity contribution in [2.45, 2.75) is 30.7 Å². The minimum absolute atomic E-state index is 0.266. The van der Waals surface area contributed by atoms with Crippen LogP contribution in [0.2, 0.25) is 0 Å². The zero-order chi connectivity index (χ0) is 12.0. The number of aromatic nitrogens is 1. The van der Waals surface area contributed by atoms with Gasteiger partial charge in [-0.25, -0.2) is 4.98 Å². The van der Waals surface area contributed by atoms with E-state index < -0.39 is 18.3 Å². The van der Waals surface area contributed by atoms with Gasteiger partial charge in [0.05, 0.1) is 27.4 Å².